The summed E-state index contributed by atoms with van der Waals surface area (Å²) in [7, 11) is 1.79. The molecule has 1 amide bonds. The minimum atomic E-state index is -0.382. The number of hydrogen-bond acceptors (Lipinski definition) is 3. The molecule has 19 heavy (non-hydrogen) atoms. The van der Waals surface area contributed by atoms with Gasteiger partial charge in [-0.05, 0) is 38.1 Å². The number of amides is 1. The zero-order valence-electron chi connectivity index (χ0n) is 11.1. The van der Waals surface area contributed by atoms with Gasteiger partial charge >= 0.3 is 0 Å². The SMILES string of the molecule is CN(CC(=O)N1CCCC1)Cc1cc(F)ccc1O. The first-order valence-electron chi connectivity index (χ1n) is 6.50. The van der Waals surface area contributed by atoms with Crippen LogP contribution in [-0.2, 0) is 11.3 Å². The first-order chi connectivity index (χ1) is 9.06. The molecule has 1 aromatic carbocycles. The molecule has 4 nitrogen and oxygen atoms in total. The largest absolute Gasteiger partial charge is 0.508 e. The molecule has 0 spiro atoms. The second-order valence-electron chi connectivity index (χ2n) is 5.03. The Hall–Kier alpha value is -1.62. The minimum Gasteiger partial charge on any atom is -0.508 e. The van der Waals surface area contributed by atoms with Crippen LogP contribution in [0.1, 0.15) is 18.4 Å². The molecule has 0 atom stereocenters. The molecule has 1 heterocycles. The Kier molecular flexibility index (Phi) is 4.37. The Balaban J connectivity index is 1.91. The van der Waals surface area contributed by atoms with Gasteiger partial charge in [0.1, 0.15) is 11.6 Å². The normalized spacial score (nSPS) is 15.2. The van der Waals surface area contributed by atoms with Gasteiger partial charge < -0.3 is 10.0 Å². The number of phenolic OH excluding ortho intramolecular Hbond substituents is 1. The van der Waals surface area contributed by atoms with Crippen LogP contribution in [-0.4, -0.2) is 47.5 Å². The summed E-state index contributed by atoms with van der Waals surface area (Å²) in [6.45, 7) is 2.30. The highest BCUT2D eigenvalue weighted by molar-refractivity contribution is 5.78. The van der Waals surface area contributed by atoms with Crippen LogP contribution in [0.3, 0.4) is 0 Å². The van der Waals surface area contributed by atoms with Crippen LogP contribution in [0, 0.1) is 5.82 Å². The van der Waals surface area contributed by atoms with Crippen molar-refractivity contribution >= 4 is 5.91 Å². The van der Waals surface area contributed by atoms with Gasteiger partial charge in [0.05, 0.1) is 6.54 Å². The van der Waals surface area contributed by atoms with Gasteiger partial charge in [0.15, 0.2) is 0 Å². The summed E-state index contributed by atoms with van der Waals surface area (Å²) in [6, 6.07) is 3.85. The van der Waals surface area contributed by atoms with Gasteiger partial charge in [0, 0.05) is 25.2 Å². The number of benzene rings is 1. The smallest absolute Gasteiger partial charge is 0.236 e. The molecule has 1 aliphatic rings. The number of rotatable bonds is 4. The van der Waals surface area contributed by atoms with Gasteiger partial charge in [-0.2, -0.15) is 0 Å². The van der Waals surface area contributed by atoms with Crippen LogP contribution >= 0.6 is 0 Å². The molecule has 0 radical (unpaired) electrons. The van der Waals surface area contributed by atoms with Crippen LogP contribution < -0.4 is 0 Å². The van der Waals surface area contributed by atoms with Crippen LogP contribution in [0.5, 0.6) is 5.75 Å². The van der Waals surface area contributed by atoms with E-state index in [0.29, 0.717) is 12.1 Å². The molecule has 1 fully saturated rings. The zero-order chi connectivity index (χ0) is 13.8. The van der Waals surface area contributed by atoms with Gasteiger partial charge in [-0.3, -0.25) is 9.69 Å². The molecular weight excluding hydrogens is 247 g/mol. The summed E-state index contributed by atoms with van der Waals surface area (Å²) in [5, 5.41) is 9.64. The summed E-state index contributed by atoms with van der Waals surface area (Å²) in [5.74, 6) is -0.232. The van der Waals surface area contributed by atoms with Crippen LogP contribution in [0.2, 0.25) is 0 Å². The lowest BCUT2D eigenvalue weighted by Crippen LogP contribution is -2.36. The van der Waals surface area contributed by atoms with Crippen molar-refractivity contribution in [2.45, 2.75) is 19.4 Å². The molecule has 1 aliphatic heterocycles. The van der Waals surface area contributed by atoms with E-state index in [1.807, 2.05) is 4.90 Å². The van der Waals surface area contributed by atoms with Crippen LogP contribution in [0.15, 0.2) is 18.2 Å². The monoisotopic (exact) mass is 266 g/mol. The van der Waals surface area contributed by atoms with Gasteiger partial charge in [0.25, 0.3) is 0 Å². The van der Waals surface area contributed by atoms with E-state index in [4.69, 9.17) is 0 Å². The van der Waals surface area contributed by atoms with Gasteiger partial charge in [-0.15, -0.1) is 0 Å². The maximum Gasteiger partial charge on any atom is 0.236 e. The molecule has 1 saturated heterocycles. The number of nitrogens with zero attached hydrogens (tertiary/aromatic N) is 2. The van der Waals surface area contributed by atoms with E-state index in [-0.39, 0.29) is 24.0 Å². The Bertz CT molecular complexity index is 459. The molecule has 0 aromatic heterocycles. The summed E-state index contributed by atoms with van der Waals surface area (Å²) < 4.78 is 13.1. The third-order valence-corrected chi connectivity index (χ3v) is 3.35. The summed E-state index contributed by atoms with van der Waals surface area (Å²) in [4.78, 5) is 15.6. The fourth-order valence-corrected chi connectivity index (χ4v) is 2.32. The van der Waals surface area contributed by atoms with Gasteiger partial charge in [-0.25, -0.2) is 4.39 Å². The van der Waals surface area contributed by atoms with Crippen molar-refractivity contribution in [3.05, 3.63) is 29.6 Å². The lowest BCUT2D eigenvalue weighted by Gasteiger charge is -2.21. The van der Waals surface area contributed by atoms with E-state index in [9.17, 15) is 14.3 Å². The van der Waals surface area contributed by atoms with Crippen LogP contribution in [0.4, 0.5) is 4.39 Å². The Morgan fingerprint density at radius 3 is 2.79 bits per heavy atom. The van der Waals surface area contributed by atoms with Crippen LogP contribution in [0.25, 0.3) is 0 Å². The van der Waals surface area contributed by atoms with Crippen molar-refractivity contribution in [3.63, 3.8) is 0 Å². The van der Waals surface area contributed by atoms with E-state index < -0.39 is 0 Å². The third kappa shape index (κ3) is 3.67. The molecule has 1 N–H and O–H groups in total. The average Bonchev–Trinajstić information content (AvgIpc) is 2.87. The van der Waals surface area contributed by atoms with Gasteiger partial charge in [-0.1, -0.05) is 0 Å². The number of likely N-dealkylation sites (N-methyl/N-ethyl adjacent to an activating group) is 1. The molecule has 5 heteroatoms. The lowest BCUT2D eigenvalue weighted by molar-refractivity contribution is -0.131. The van der Waals surface area contributed by atoms with Crippen molar-refractivity contribution in [2.75, 3.05) is 26.7 Å². The standard InChI is InChI=1S/C14H19FN2O2/c1-16(10-14(19)17-6-2-3-7-17)9-11-8-12(15)4-5-13(11)18/h4-5,8,18H,2-3,6-7,9-10H2,1H3. The first-order valence-corrected chi connectivity index (χ1v) is 6.50. The van der Waals surface area contributed by atoms with E-state index in [1.165, 1.54) is 18.2 Å². The number of carbonyl (C=O) groups is 1. The minimum absolute atomic E-state index is 0.0573. The highest BCUT2D eigenvalue weighted by Crippen LogP contribution is 2.19. The van der Waals surface area contributed by atoms with E-state index in [1.54, 1.807) is 11.9 Å². The number of carbonyl (C=O) groups excluding carboxylic acids is 1. The second kappa shape index (κ2) is 6.02. The summed E-state index contributed by atoms with van der Waals surface area (Å²) >= 11 is 0. The first kappa shape index (κ1) is 13.8. The van der Waals surface area contributed by atoms with Crippen molar-refractivity contribution in [3.8, 4) is 5.75 Å². The zero-order valence-corrected chi connectivity index (χ0v) is 11.1. The lowest BCUT2D eigenvalue weighted by atomic mass is 10.2. The van der Waals surface area contributed by atoms with E-state index in [0.717, 1.165) is 25.9 Å². The van der Waals surface area contributed by atoms with Crippen molar-refractivity contribution in [2.24, 2.45) is 0 Å². The second-order valence-corrected chi connectivity index (χ2v) is 5.03. The molecule has 0 aliphatic carbocycles. The summed E-state index contributed by atoms with van der Waals surface area (Å²) in [5.41, 5.74) is 0.497. The third-order valence-electron chi connectivity index (χ3n) is 3.35. The molecule has 0 unspecified atom stereocenters. The molecule has 1 aromatic rings. The fraction of sp³-hybridized carbons (Fsp3) is 0.500. The van der Waals surface area contributed by atoms with E-state index in [2.05, 4.69) is 0 Å². The summed E-state index contributed by atoms with van der Waals surface area (Å²) in [6.07, 6.45) is 2.14. The molecule has 2 rings (SSSR count). The number of likely N-dealkylation sites (tertiary alicyclic amines) is 1. The fourth-order valence-electron chi connectivity index (χ4n) is 2.32. The van der Waals surface area contributed by atoms with Crippen molar-refractivity contribution in [1.29, 1.82) is 0 Å². The number of aromatic hydroxyl groups is 1. The predicted molar refractivity (Wildman–Crippen MR) is 70.2 cm³/mol. The maximum atomic E-state index is 13.1. The maximum absolute atomic E-state index is 13.1. The topological polar surface area (TPSA) is 43.8 Å². The highest BCUT2D eigenvalue weighted by Gasteiger charge is 2.19. The van der Waals surface area contributed by atoms with Gasteiger partial charge in [0.2, 0.25) is 5.91 Å². The molecule has 0 saturated carbocycles. The number of halogens is 1. The molecule has 104 valence electrons. The quantitative estimate of drug-likeness (QED) is 0.900. The predicted octanol–water partition coefficient (Wildman–Crippen LogP) is 1.59. The Morgan fingerprint density at radius 1 is 1.42 bits per heavy atom. The highest BCUT2D eigenvalue weighted by atomic mass is 19.1. The number of phenols is 1. The van der Waals surface area contributed by atoms with Crippen molar-refractivity contribution < 1.29 is 14.3 Å². The van der Waals surface area contributed by atoms with E-state index >= 15 is 0 Å². The molecule has 0 bridgehead atoms. The Labute approximate surface area is 112 Å². The Morgan fingerprint density at radius 2 is 2.11 bits per heavy atom. The number of hydrogen-bond donors (Lipinski definition) is 1. The average molecular weight is 266 g/mol. The molecular formula is C14H19FN2O2. The van der Waals surface area contributed by atoms with Crippen molar-refractivity contribution in [1.82, 2.24) is 9.80 Å².